The van der Waals surface area contributed by atoms with Gasteiger partial charge >= 0.3 is 0 Å². The number of ether oxygens (including phenoxy) is 3. The van der Waals surface area contributed by atoms with E-state index in [1.54, 1.807) is 13.3 Å². The number of halogens is 1. The number of morpholine rings is 1. The van der Waals surface area contributed by atoms with Crippen LogP contribution in [0.2, 0.25) is 0 Å². The first-order valence-corrected chi connectivity index (χ1v) is 9.41. The topological polar surface area (TPSA) is 43.3 Å². The lowest BCUT2D eigenvalue weighted by atomic mass is 10.2. The van der Waals surface area contributed by atoms with E-state index in [-0.39, 0.29) is 6.61 Å². The number of hydrogen-bond acceptors (Lipinski definition) is 5. The fourth-order valence-corrected chi connectivity index (χ4v) is 3.36. The van der Waals surface area contributed by atoms with Crippen LogP contribution in [0.1, 0.15) is 5.56 Å². The lowest BCUT2D eigenvalue weighted by molar-refractivity contribution is 0.122. The molecule has 1 saturated heterocycles. The van der Waals surface area contributed by atoms with Gasteiger partial charge in [-0.15, -0.1) is 6.42 Å². The molecule has 1 aliphatic rings. The predicted octanol–water partition coefficient (Wildman–Crippen LogP) is 4.06. The van der Waals surface area contributed by atoms with Gasteiger partial charge < -0.3 is 19.1 Å². The third-order valence-corrected chi connectivity index (χ3v) is 4.73. The summed E-state index contributed by atoms with van der Waals surface area (Å²) in [5.74, 6) is 3.64. The molecule has 0 bridgehead atoms. The molecular formula is C21H21BrN2O3. The minimum Gasteiger partial charge on any atom is -0.493 e. The largest absolute Gasteiger partial charge is 0.493 e. The maximum absolute atomic E-state index is 5.53. The van der Waals surface area contributed by atoms with Crippen LogP contribution in [0.3, 0.4) is 0 Å². The van der Waals surface area contributed by atoms with E-state index < -0.39 is 0 Å². The quantitative estimate of drug-likeness (QED) is 0.513. The zero-order valence-corrected chi connectivity index (χ0v) is 16.7. The van der Waals surface area contributed by atoms with Crippen LogP contribution in [-0.4, -0.2) is 46.2 Å². The van der Waals surface area contributed by atoms with Gasteiger partial charge in [0.05, 0.1) is 30.5 Å². The standard InChI is InChI=1S/C21H21BrN2O3/c1-3-10-27-21-19(22)13-16(14-20(21)25-2)15-23-17-4-6-18(7-5-17)24-8-11-26-12-9-24/h1,4-7,13-15H,8-12H2,2H3. The summed E-state index contributed by atoms with van der Waals surface area (Å²) < 4.78 is 17.1. The molecule has 2 aromatic carbocycles. The number of rotatable bonds is 6. The molecule has 0 N–H and O–H groups in total. The highest BCUT2D eigenvalue weighted by Gasteiger charge is 2.12. The molecule has 2 aromatic rings. The fourth-order valence-electron chi connectivity index (χ4n) is 2.79. The van der Waals surface area contributed by atoms with Crippen LogP contribution >= 0.6 is 15.9 Å². The fraction of sp³-hybridized carbons (Fsp3) is 0.286. The van der Waals surface area contributed by atoms with Crippen molar-refractivity contribution >= 4 is 33.5 Å². The monoisotopic (exact) mass is 428 g/mol. The van der Waals surface area contributed by atoms with Gasteiger partial charge in [-0.05, 0) is 57.9 Å². The summed E-state index contributed by atoms with van der Waals surface area (Å²) in [6, 6.07) is 12.0. The Kier molecular flexibility index (Phi) is 6.74. The van der Waals surface area contributed by atoms with Crippen molar-refractivity contribution in [1.29, 1.82) is 0 Å². The zero-order chi connectivity index (χ0) is 19.1. The minimum atomic E-state index is 0.178. The average molecular weight is 429 g/mol. The number of terminal acetylenes is 1. The average Bonchev–Trinajstić information content (AvgIpc) is 2.72. The van der Waals surface area contributed by atoms with E-state index in [0.29, 0.717) is 11.5 Å². The van der Waals surface area contributed by atoms with Crippen LogP contribution in [-0.2, 0) is 4.74 Å². The van der Waals surface area contributed by atoms with E-state index in [9.17, 15) is 0 Å². The maximum atomic E-state index is 5.53. The number of benzene rings is 2. The Morgan fingerprint density at radius 3 is 2.67 bits per heavy atom. The van der Waals surface area contributed by atoms with Crippen molar-refractivity contribution in [3.63, 3.8) is 0 Å². The molecule has 5 nitrogen and oxygen atoms in total. The van der Waals surface area contributed by atoms with Gasteiger partial charge in [0.15, 0.2) is 11.5 Å². The lowest BCUT2D eigenvalue weighted by Crippen LogP contribution is -2.36. The van der Waals surface area contributed by atoms with Crippen LogP contribution in [0.15, 0.2) is 45.9 Å². The highest BCUT2D eigenvalue weighted by atomic mass is 79.9. The Bertz CT molecular complexity index is 838. The smallest absolute Gasteiger partial charge is 0.176 e. The predicted molar refractivity (Wildman–Crippen MR) is 112 cm³/mol. The molecule has 0 aliphatic carbocycles. The highest BCUT2D eigenvalue weighted by Crippen LogP contribution is 2.36. The van der Waals surface area contributed by atoms with E-state index in [2.05, 4.69) is 43.9 Å². The molecule has 6 heteroatoms. The first-order valence-electron chi connectivity index (χ1n) is 8.62. The molecule has 1 fully saturated rings. The van der Waals surface area contributed by atoms with Crippen molar-refractivity contribution in [2.45, 2.75) is 0 Å². The summed E-state index contributed by atoms with van der Waals surface area (Å²) in [5, 5.41) is 0. The van der Waals surface area contributed by atoms with E-state index in [0.717, 1.165) is 42.0 Å². The normalized spacial score (nSPS) is 14.2. The molecule has 0 atom stereocenters. The van der Waals surface area contributed by atoms with E-state index in [4.69, 9.17) is 20.6 Å². The van der Waals surface area contributed by atoms with E-state index in [1.165, 1.54) is 5.69 Å². The van der Waals surface area contributed by atoms with Crippen molar-refractivity contribution in [2.24, 2.45) is 4.99 Å². The van der Waals surface area contributed by atoms with Crippen LogP contribution in [0.25, 0.3) is 0 Å². The molecule has 0 saturated carbocycles. The van der Waals surface area contributed by atoms with Gasteiger partial charge in [0.25, 0.3) is 0 Å². The second-order valence-corrected chi connectivity index (χ2v) is 6.76. The number of anilines is 1. The maximum Gasteiger partial charge on any atom is 0.176 e. The molecule has 0 unspecified atom stereocenters. The molecule has 0 spiro atoms. The number of aliphatic imine (C=N–C) groups is 1. The summed E-state index contributed by atoms with van der Waals surface area (Å²) in [5.41, 5.74) is 2.97. The minimum absolute atomic E-state index is 0.178. The van der Waals surface area contributed by atoms with Gasteiger partial charge in [-0.1, -0.05) is 5.92 Å². The van der Waals surface area contributed by atoms with Crippen molar-refractivity contribution < 1.29 is 14.2 Å². The molecule has 0 aromatic heterocycles. The zero-order valence-electron chi connectivity index (χ0n) is 15.2. The molecule has 1 heterocycles. The van der Waals surface area contributed by atoms with Crippen molar-refractivity contribution in [2.75, 3.05) is 44.9 Å². The van der Waals surface area contributed by atoms with Crippen LogP contribution in [0.5, 0.6) is 11.5 Å². The van der Waals surface area contributed by atoms with Crippen molar-refractivity contribution in [3.8, 4) is 23.8 Å². The number of hydrogen-bond donors (Lipinski definition) is 0. The Hall–Kier alpha value is -2.49. The number of methoxy groups -OCH3 is 1. The van der Waals surface area contributed by atoms with Crippen LogP contribution in [0, 0.1) is 12.3 Å². The highest BCUT2D eigenvalue weighted by molar-refractivity contribution is 9.10. The Morgan fingerprint density at radius 1 is 1.26 bits per heavy atom. The van der Waals surface area contributed by atoms with Crippen molar-refractivity contribution in [1.82, 2.24) is 0 Å². The molecule has 1 aliphatic heterocycles. The lowest BCUT2D eigenvalue weighted by Gasteiger charge is -2.28. The van der Waals surface area contributed by atoms with Crippen LogP contribution in [0.4, 0.5) is 11.4 Å². The summed E-state index contributed by atoms with van der Waals surface area (Å²) in [4.78, 5) is 6.87. The van der Waals surface area contributed by atoms with E-state index >= 15 is 0 Å². The first kappa shape index (κ1) is 19.3. The van der Waals surface area contributed by atoms with Gasteiger partial charge in [0.2, 0.25) is 0 Å². The Balaban J connectivity index is 1.73. The molecule has 27 heavy (non-hydrogen) atoms. The summed E-state index contributed by atoms with van der Waals surface area (Å²) >= 11 is 3.50. The third-order valence-electron chi connectivity index (χ3n) is 4.14. The van der Waals surface area contributed by atoms with Gasteiger partial charge in [0.1, 0.15) is 6.61 Å². The summed E-state index contributed by atoms with van der Waals surface area (Å²) in [6.45, 7) is 3.57. The Morgan fingerprint density at radius 2 is 2.00 bits per heavy atom. The van der Waals surface area contributed by atoms with Crippen molar-refractivity contribution in [3.05, 3.63) is 46.4 Å². The molecular weight excluding hydrogens is 408 g/mol. The molecule has 3 rings (SSSR count). The first-order chi connectivity index (χ1) is 13.2. The summed E-state index contributed by atoms with van der Waals surface area (Å²) in [7, 11) is 1.59. The van der Waals surface area contributed by atoms with Gasteiger partial charge in [-0.2, -0.15) is 0 Å². The summed E-state index contributed by atoms with van der Waals surface area (Å²) in [6.07, 6.45) is 7.05. The van der Waals surface area contributed by atoms with Gasteiger partial charge in [-0.3, -0.25) is 4.99 Å². The molecule has 140 valence electrons. The second kappa shape index (κ2) is 9.45. The van der Waals surface area contributed by atoms with E-state index in [1.807, 2.05) is 24.3 Å². The molecule has 0 radical (unpaired) electrons. The van der Waals surface area contributed by atoms with Gasteiger partial charge in [0, 0.05) is 25.0 Å². The van der Waals surface area contributed by atoms with Crippen LogP contribution < -0.4 is 14.4 Å². The second-order valence-electron chi connectivity index (χ2n) is 5.90. The Labute approximate surface area is 168 Å². The molecule has 0 amide bonds. The number of nitrogens with zero attached hydrogens (tertiary/aromatic N) is 2. The SMILES string of the molecule is C#CCOc1c(Br)cc(C=Nc2ccc(N3CCOCC3)cc2)cc1OC. The van der Waals surface area contributed by atoms with Gasteiger partial charge in [-0.25, -0.2) is 0 Å². The third kappa shape index (κ3) is 5.03.